The number of benzene rings is 1. The van der Waals surface area contributed by atoms with Crippen LogP contribution in [-0.4, -0.2) is 65.8 Å². The van der Waals surface area contributed by atoms with Crippen LogP contribution in [0, 0.1) is 0 Å². The Bertz CT molecular complexity index is 1180. The van der Waals surface area contributed by atoms with E-state index in [1.807, 2.05) is 0 Å². The average molecular weight is 519 g/mol. The summed E-state index contributed by atoms with van der Waals surface area (Å²) in [7, 11) is -4.38. The maximum Gasteiger partial charge on any atom is 0.343 e. The number of esters is 1. The number of halogens is 2. The van der Waals surface area contributed by atoms with Gasteiger partial charge in [0.25, 0.3) is 15.9 Å². The lowest BCUT2D eigenvalue weighted by Crippen LogP contribution is -2.33. The number of pyridine rings is 1. The van der Waals surface area contributed by atoms with E-state index < -0.39 is 41.3 Å². The zero-order valence-electron chi connectivity index (χ0n) is 17.5. The Kier molecular flexibility index (Phi) is 7.49. The van der Waals surface area contributed by atoms with E-state index in [4.69, 9.17) is 37.8 Å². The van der Waals surface area contributed by atoms with E-state index in [1.165, 1.54) is 18.5 Å². The number of aliphatic hydroxyl groups excluding tert-OH is 2. The highest BCUT2D eigenvalue weighted by Gasteiger charge is 2.44. The van der Waals surface area contributed by atoms with Gasteiger partial charge in [0.15, 0.2) is 6.73 Å². The van der Waals surface area contributed by atoms with E-state index in [2.05, 4.69) is 4.98 Å². The summed E-state index contributed by atoms with van der Waals surface area (Å²) < 4.78 is 37.1. The highest BCUT2D eigenvalue weighted by molar-refractivity contribution is 7.90. The minimum absolute atomic E-state index is 0.0592. The second kappa shape index (κ2) is 9.82. The van der Waals surface area contributed by atoms with Crippen molar-refractivity contribution in [3.05, 3.63) is 51.3 Å². The average Bonchev–Trinajstić information content (AvgIpc) is 2.94. The summed E-state index contributed by atoms with van der Waals surface area (Å²) >= 11 is 11.8. The van der Waals surface area contributed by atoms with Crippen molar-refractivity contribution in [2.45, 2.75) is 30.8 Å². The smallest absolute Gasteiger partial charge is 0.343 e. The molecule has 2 aromatic rings. The van der Waals surface area contributed by atoms with Crippen molar-refractivity contribution in [2.24, 2.45) is 0 Å². The van der Waals surface area contributed by atoms with E-state index in [1.54, 1.807) is 13.8 Å². The summed E-state index contributed by atoms with van der Waals surface area (Å²) in [5, 5.41) is 18.3. The Morgan fingerprint density at radius 3 is 2.42 bits per heavy atom. The maximum absolute atomic E-state index is 13.1. The lowest BCUT2D eigenvalue weighted by Gasteiger charge is -2.15. The van der Waals surface area contributed by atoms with Gasteiger partial charge in [-0.25, -0.2) is 13.2 Å². The van der Waals surface area contributed by atoms with E-state index in [0.29, 0.717) is 9.87 Å². The number of sulfonamides is 1. The van der Waals surface area contributed by atoms with E-state index in [9.17, 15) is 23.1 Å². The number of aromatic nitrogens is 1. The molecule has 1 amide bonds. The van der Waals surface area contributed by atoms with Crippen molar-refractivity contribution in [1.29, 1.82) is 0 Å². The second-order valence-corrected chi connectivity index (χ2v) is 10.0. The van der Waals surface area contributed by atoms with Crippen molar-refractivity contribution in [3.63, 3.8) is 0 Å². The third-order valence-electron chi connectivity index (χ3n) is 4.76. The number of nitrogens with zero attached hydrogens (tertiary/aromatic N) is 2. The molecule has 0 spiro atoms. The molecule has 0 saturated heterocycles. The lowest BCUT2D eigenvalue weighted by atomic mass is 9.96. The lowest BCUT2D eigenvalue weighted by molar-refractivity contribution is 0.0358. The molecular formula is C20H20Cl2N2O8S. The van der Waals surface area contributed by atoms with E-state index in [-0.39, 0.29) is 44.3 Å². The predicted octanol–water partition coefficient (Wildman–Crippen LogP) is 2.20. The van der Waals surface area contributed by atoms with Gasteiger partial charge in [-0.05, 0) is 17.5 Å². The first-order valence-electron chi connectivity index (χ1n) is 9.61. The van der Waals surface area contributed by atoms with Gasteiger partial charge in [-0.3, -0.25) is 9.78 Å². The fraction of sp³-hybridized carbons (Fsp3) is 0.350. The van der Waals surface area contributed by atoms with Crippen LogP contribution in [0.1, 0.15) is 46.0 Å². The Labute approximate surface area is 199 Å². The van der Waals surface area contributed by atoms with Crippen molar-refractivity contribution in [1.82, 2.24) is 9.29 Å². The monoisotopic (exact) mass is 518 g/mol. The number of carbonyl (C=O) groups excluding carboxylic acids is 2. The Balaban J connectivity index is 1.92. The molecule has 1 aliphatic heterocycles. The molecule has 1 unspecified atom stereocenters. The second-order valence-electron chi connectivity index (χ2n) is 7.39. The van der Waals surface area contributed by atoms with Crippen molar-refractivity contribution in [3.8, 4) is 5.75 Å². The topological polar surface area (TPSA) is 143 Å². The molecule has 1 atom stereocenters. The van der Waals surface area contributed by atoms with Crippen LogP contribution < -0.4 is 4.74 Å². The summed E-state index contributed by atoms with van der Waals surface area (Å²) in [6.45, 7) is 1.80. The standard InChI is InChI=1S/C20H20Cl2N2O8S/c1-10(2)13-3-12(31-8-11(26)7-25)4-16-17(13)19(27)24(33(16,29)30)9-32-20(28)18-14(21)5-23-6-15(18)22/h3-6,10-11,25-26H,7-9H2,1-2H3. The minimum atomic E-state index is -4.38. The van der Waals surface area contributed by atoms with E-state index >= 15 is 0 Å². The van der Waals surface area contributed by atoms with Crippen LogP contribution in [0.15, 0.2) is 29.4 Å². The number of rotatable bonds is 8. The Morgan fingerprint density at radius 1 is 1.21 bits per heavy atom. The molecule has 1 aromatic carbocycles. The van der Waals surface area contributed by atoms with Gasteiger partial charge in [-0.15, -0.1) is 0 Å². The highest BCUT2D eigenvalue weighted by Crippen LogP contribution is 2.38. The van der Waals surface area contributed by atoms with Gasteiger partial charge in [-0.2, -0.15) is 4.31 Å². The van der Waals surface area contributed by atoms with Gasteiger partial charge in [0.05, 0.1) is 22.2 Å². The first-order chi connectivity index (χ1) is 15.5. The van der Waals surface area contributed by atoms with Crippen LogP contribution in [0.4, 0.5) is 0 Å². The molecule has 3 rings (SSSR count). The van der Waals surface area contributed by atoms with E-state index in [0.717, 1.165) is 6.07 Å². The number of aliphatic hydroxyl groups is 2. The molecule has 13 heteroatoms. The van der Waals surface area contributed by atoms with Crippen molar-refractivity contribution < 1.29 is 37.7 Å². The van der Waals surface area contributed by atoms with Crippen LogP contribution in [0.2, 0.25) is 10.0 Å². The zero-order valence-corrected chi connectivity index (χ0v) is 19.8. The van der Waals surface area contributed by atoms with Gasteiger partial charge < -0.3 is 19.7 Å². The largest absolute Gasteiger partial charge is 0.491 e. The summed E-state index contributed by atoms with van der Waals surface area (Å²) in [5.74, 6) is -2.07. The van der Waals surface area contributed by atoms with Gasteiger partial charge in [0.1, 0.15) is 28.9 Å². The number of hydrogen-bond donors (Lipinski definition) is 2. The Hall–Kier alpha value is -2.44. The molecule has 0 aliphatic carbocycles. The zero-order chi connectivity index (χ0) is 24.5. The van der Waals surface area contributed by atoms with Gasteiger partial charge in [-0.1, -0.05) is 37.0 Å². The summed E-state index contributed by atoms with van der Waals surface area (Å²) in [6, 6.07) is 2.64. The minimum Gasteiger partial charge on any atom is -0.491 e. The fourth-order valence-corrected chi connectivity index (χ4v) is 5.09. The molecule has 1 aromatic heterocycles. The highest BCUT2D eigenvalue weighted by atomic mass is 35.5. The third kappa shape index (κ3) is 4.92. The summed E-state index contributed by atoms with van der Waals surface area (Å²) in [6.07, 6.45) is 1.17. The van der Waals surface area contributed by atoms with Crippen LogP contribution in [0.3, 0.4) is 0 Å². The van der Waals surface area contributed by atoms with Gasteiger partial charge in [0, 0.05) is 18.5 Å². The number of fused-ring (bicyclic) bond motifs is 1. The molecule has 33 heavy (non-hydrogen) atoms. The number of hydrogen-bond acceptors (Lipinski definition) is 9. The first-order valence-corrected chi connectivity index (χ1v) is 11.8. The fourth-order valence-electron chi connectivity index (χ4n) is 3.10. The molecule has 0 fully saturated rings. The molecule has 2 N–H and O–H groups in total. The van der Waals surface area contributed by atoms with Crippen molar-refractivity contribution >= 4 is 45.1 Å². The molecule has 10 nitrogen and oxygen atoms in total. The molecule has 2 heterocycles. The molecule has 0 saturated carbocycles. The predicted molar refractivity (Wildman–Crippen MR) is 117 cm³/mol. The Morgan fingerprint density at radius 2 is 1.85 bits per heavy atom. The molecule has 178 valence electrons. The van der Waals surface area contributed by atoms with Gasteiger partial charge in [0.2, 0.25) is 0 Å². The van der Waals surface area contributed by atoms with Crippen LogP contribution >= 0.6 is 23.2 Å². The first kappa shape index (κ1) is 25.2. The number of ether oxygens (including phenoxy) is 2. The maximum atomic E-state index is 13.1. The van der Waals surface area contributed by atoms with Crippen molar-refractivity contribution in [2.75, 3.05) is 19.9 Å². The normalized spacial score (nSPS) is 15.5. The number of amides is 1. The molecule has 0 radical (unpaired) electrons. The molecule has 0 bridgehead atoms. The van der Waals surface area contributed by atoms with Gasteiger partial charge >= 0.3 is 5.97 Å². The molecule has 1 aliphatic rings. The summed E-state index contributed by atoms with van der Waals surface area (Å²) in [5.41, 5.74) is 0.121. The summed E-state index contributed by atoms with van der Waals surface area (Å²) in [4.78, 5) is 28.9. The number of carbonyl (C=O) groups is 2. The van der Waals surface area contributed by atoms with Crippen LogP contribution in [0.25, 0.3) is 0 Å². The third-order valence-corrected chi connectivity index (χ3v) is 7.06. The molecular weight excluding hydrogens is 499 g/mol. The quantitative estimate of drug-likeness (QED) is 0.502. The SMILES string of the molecule is CC(C)c1cc(OCC(O)CO)cc2c1C(=O)N(COC(=O)c1c(Cl)cncc1Cl)S2(=O)=O. The van der Waals surface area contributed by atoms with Crippen LogP contribution in [-0.2, 0) is 14.8 Å². The van der Waals surface area contributed by atoms with Crippen LogP contribution in [0.5, 0.6) is 5.75 Å².